The van der Waals surface area contributed by atoms with E-state index in [0.717, 1.165) is 31.1 Å². The summed E-state index contributed by atoms with van der Waals surface area (Å²) in [5.41, 5.74) is 0.210. The van der Waals surface area contributed by atoms with Gasteiger partial charge >= 0.3 is 6.18 Å². The van der Waals surface area contributed by atoms with E-state index in [-0.39, 0.29) is 0 Å². The van der Waals surface area contributed by atoms with E-state index in [4.69, 9.17) is 0 Å². The Labute approximate surface area is 123 Å². The van der Waals surface area contributed by atoms with E-state index in [1.54, 1.807) is 6.07 Å². The molecule has 2 aliphatic rings. The molecule has 116 valence electrons. The molecule has 0 unspecified atom stereocenters. The first-order chi connectivity index (χ1) is 10.0. The summed E-state index contributed by atoms with van der Waals surface area (Å²) in [5.74, 6) is 0. The number of benzene rings is 1. The van der Waals surface area contributed by atoms with Crippen molar-refractivity contribution < 1.29 is 13.2 Å². The highest BCUT2D eigenvalue weighted by atomic mass is 19.4. The van der Waals surface area contributed by atoms with Crippen LogP contribution < -0.4 is 0 Å². The molecule has 21 heavy (non-hydrogen) atoms. The van der Waals surface area contributed by atoms with Crippen molar-refractivity contribution >= 4 is 0 Å². The van der Waals surface area contributed by atoms with Crippen molar-refractivity contribution in [1.29, 1.82) is 0 Å². The van der Waals surface area contributed by atoms with Crippen molar-refractivity contribution in [3.8, 4) is 0 Å². The van der Waals surface area contributed by atoms with Crippen LogP contribution in [0, 0.1) is 0 Å². The first-order valence-corrected chi connectivity index (χ1v) is 7.65. The van der Waals surface area contributed by atoms with Crippen LogP contribution in [0.3, 0.4) is 0 Å². The second-order valence-electron chi connectivity index (χ2n) is 6.12. The maximum absolute atomic E-state index is 12.7. The standard InChI is InChI=1S/C16H21F3N2/c17-16(18,19)14-5-3-4-13(10-14)11-20-9-6-15(12-20)21-7-1-2-8-21/h3-5,10,15H,1-2,6-9,11-12H2/t15-/m1/s1. The SMILES string of the molecule is FC(F)(F)c1cccc(CN2CC[C@@H](N3CCCC3)C2)c1. The molecule has 0 N–H and O–H groups in total. The van der Waals surface area contributed by atoms with Crippen LogP contribution >= 0.6 is 0 Å². The summed E-state index contributed by atoms with van der Waals surface area (Å²) in [5, 5.41) is 0. The van der Waals surface area contributed by atoms with Crippen molar-refractivity contribution in [2.45, 2.75) is 38.0 Å². The molecule has 5 heteroatoms. The van der Waals surface area contributed by atoms with Crippen LogP contribution in [0.5, 0.6) is 0 Å². The summed E-state index contributed by atoms with van der Waals surface area (Å²) in [6.07, 6.45) is -0.549. The van der Waals surface area contributed by atoms with E-state index >= 15 is 0 Å². The number of rotatable bonds is 3. The molecule has 0 aromatic heterocycles. The van der Waals surface area contributed by atoms with Crippen LogP contribution in [0.25, 0.3) is 0 Å². The minimum absolute atomic E-state index is 0.546. The fourth-order valence-corrected chi connectivity index (χ4v) is 3.46. The van der Waals surface area contributed by atoms with E-state index in [9.17, 15) is 13.2 Å². The zero-order valence-corrected chi connectivity index (χ0v) is 12.1. The van der Waals surface area contributed by atoms with Gasteiger partial charge in [0, 0.05) is 25.7 Å². The first-order valence-electron chi connectivity index (χ1n) is 7.65. The number of halogens is 3. The van der Waals surface area contributed by atoms with Crippen LogP contribution in [0.1, 0.15) is 30.4 Å². The van der Waals surface area contributed by atoms with Gasteiger partial charge in [-0.15, -0.1) is 0 Å². The minimum atomic E-state index is -4.25. The third-order valence-corrected chi connectivity index (χ3v) is 4.57. The summed E-state index contributed by atoms with van der Waals surface area (Å²) in [6.45, 7) is 4.95. The second-order valence-corrected chi connectivity index (χ2v) is 6.12. The van der Waals surface area contributed by atoms with Gasteiger partial charge in [-0.3, -0.25) is 9.80 Å². The molecule has 0 amide bonds. The minimum Gasteiger partial charge on any atom is -0.299 e. The molecule has 1 aromatic rings. The fourth-order valence-electron chi connectivity index (χ4n) is 3.46. The summed E-state index contributed by atoms with van der Waals surface area (Å²) in [6, 6.07) is 6.31. The molecule has 2 saturated heterocycles. The highest BCUT2D eigenvalue weighted by molar-refractivity contribution is 5.25. The molecule has 2 heterocycles. The van der Waals surface area contributed by atoms with Gasteiger partial charge in [-0.25, -0.2) is 0 Å². The van der Waals surface area contributed by atoms with Gasteiger partial charge in [-0.1, -0.05) is 18.2 Å². The molecule has 0 saturated carbocycles. The molecule has 1 atom stereocenters. The molecule has 2 nitrogen and oxygen atoms in total. The molecule has 0 bridgehead atoms. The number of alkyl halides is 3. The molecule has 0 spiro atoms. The first kappa shape index (κ1) is 14.9. The van der Waals surface area contributed by atoms with Gasteiger partial charge < -0.3 is 0 Å². The highest BCUT2D eigenvalue weighted by Gasteiger charge is 2.31. The van der Waals surface area contributed by atoms with Crippen LogP contribution in [0.15, 0.2) is 24.3 Å². The van der Waals surface area contributed by atoms with Gasteiger partial charge in [0.25, 0.3) is 0 Å². The molecule has 0 aliphatic carbocycles. The molecule has 0 radical (unpaired) electrons. The van der Waals surface area contributed by atoms with Crippen molar-refractivity contribution in [2.24, 2.45) is 0 Å². The van der Waals surface area contributed by atoms with Gasteiger partial charge in [0.15, 0.2) is 0 Å². The summed E-state index contributed by atoms with van der Waals surface area (Å²) < 4.78 is 38.2. The molecule has 1 aromatic carbocycles. The van der Waals surface area contributed by atoms with Crippen LogP contribution in [0.4, 0.5) is 13.2 Å². The van der Waals surface area contributed by atoms with E-state index < -0.39 is 11.7 Å². The Morgan fingerprint density at radius 3 is 2.57 bits per heavy atom. The van der Waals surface area contributed by atoms with Crippen LogP contribution in [0.2, 0.25) is 0 Å². The number of nitrogens with zero attached hydrogens (tertiary/aromatic N) is 2. The predicted octanol–water partition coefficient (Wildman–Crippen LogP) is 3.38. The van der Waals surface area contributed by atoms with E-state index in [1.807, 2.05) is 0 Å². The molecular formula is C16H21F3N2. The highest BCUT2D eigenvalue weighted by Crippen LogP contribution is 2.30. The lowest BCUT2D eigenvalue weighted by Crippen LogP contribution is -2.35. The van der Waals surface area contributed by atoms with Crippen molar-refractivity contribution in [1.82, 2.24) is 9.80 Å². The number of hydrogen-bond acceptors (Lipinski definition) is 2. The summed E-state index contributed by atoms with van der Waals surface area (Å²) in [7, 11) is 0. The van der Waals surface area contributed by atoms with Crippen LogP contribution in [-0.4, -0.2) is 42.0 Å². The third kappa shape index (κ3) is 3.58. The number of hydrogen-bond donors (Lipinski definition) is 0. The Hall–Kier alpha value is -1.07. The summed E-state index contributed by atoms with van der Waals surface area (Å²) in [4.78, 5) is 4.81. The predicted molar refractivity (Wildman–Crippen MR) is 75.9 cm³/mol. The van der Waals surface area contributed by atoms with E-state index in [0.29, 0.717) is 12.6 Å². The summed E-state index contributed by atoms with van der Waals surface area (Å²) >= 11 is 0. The zero-order valence-electron chi connectivity index (χ0n) is 12.1. The normalized spacial score (nSPS) is 24.8. The quantitative estimate of drug-likeness (QED) is 0.844. The lowest BCUT2D eigenvalue weighted by molar-refractivity contribution is -0.137. The molecule has 2 fully saturated rings. The van der Waals surface area contributed by atoms with Crippen molar-refractivity contribution in [3.63, 3.8) is 0 Å². The average Bonchev–Trinajstić information content (AvgIpc) is 3.08. The van der Waals surface area contributed by atoms with Gasteiger partial charge in [-0.2, -0.15) is 13.2 Å². The smallest absolute Gasteiger partial charge is 0.299 e. The Bertz CT molecular complexity index is 481. The Balaban J connectivity index is 1.60. The Morgan fingerprint density at radius 2 is 1.86 bits per heavy atom. The van der Waals surface area contributed by atoms with Crippen molar-refractivity contribution in [3.05, 3.63) is 35.4 Å². The maximum Gasteiger partial charge on any atom is 0.416 e. The molecule has 2 aliphatic heterocycles. The fraction of sp³-hybridized carbons (Fsp3) is 0.625. The van der Waals surface area contributed by atoms with E-state index in [2.05, 4.69) is 9.80 Å². The van der Waals surface area contributed by atoms with Crippen molar-refractivity contribution in [2.75, 3.05) is 26.2 Å². The number of likely N-dealkylation sites (tertiary alicyclic amines) is 2. The molecule has 3 rings (SSSR count). The van der Waals surface area contributed by atoms with Gasteiger partial charge in [0.2, 0.25) is 0 Å². The third-order valence-electron chi connectivity index (χ3n) is 4.57. The largest absolute Gasteiger partial charge is 0.416 e. The van der Waals surface area contributed by atoms with E-state index in [1.165, 1.54) is 38.1 Å². The lowest BCUT2D eigenvalue weighted by atomic mass is 10.1. The van der Waals surface area contributed by atoms with Crippen LogP contribution in [-0.2, 0) is 12.7 Å². The average molecular weight is 298 g/mol. The van der Waals surface area contributed by atoms with Gasteiger partial charge in [0.05, 0.1) is 5.56 Å². The molecular weight excluding hydrogens is 277 g/mol. The topological polar surface area (TPSA) is 6.48 Å². The second kappa shape index (κ2) is 5.97. The Morgan fingerprint density at radius 1 is 1.10 bits per heavy atom. The Kier molecular flexibility index (Phi) is 4.22. The van der Waals surface area contributed by atoms with Gasteiger partial charge in [-0.05, 0) is 44.0 Å². The monoisotopic (exact) mass is 298 g/mol. The maximum atomic E-state index is 12.7. The lowest BCUT2D eigenvalue weighted by Gasteiger charge is -2.23. The zero-order chi connectivity index (χ0) is 14.9. The van der Waals surface area contributed by atoms with Gasteiger partial charge in [0.1, 0.15) is 0 Å².